The zero-order chi connectivity index (χ0) is 13.3. The first-order chi connectivity index (χ1) is 8.47. The SMILES string of the molecule is CN(C)C(=O)C[C@@H]1Sc2ccc(Cl)cc2NC1=O. The molecular formula is C12H13ClN2O2S. The third kappa shape index (κ3) is 2.79. The monoisotopic (exact) mass is 284 g/mol. The van der Waals surface area contributed by atoms with Gasteiger partial charge in [0.05, 0.1) is 10.9 Å². The summed E-state index contributed by atoms with van der Waals surface area (Å²) in [4.78, 5) is 25.9. The van der Waals surface area contributed by atoms with Crippen LogP contribution in [-0.2, 0) is 9.59 Å². The Kier molecular flexibility index (Phi) is 3.82. The van der Waals surface area contributed by atoms with Crippen LogP contribution < -0.4 is 5.32 Å². The molecule has 0 radical (unpaired) electrons. The van der Waals surface area contributed by atoms with Gasteiger partial charge in [0.25, 0.3) is 0 Å². The summed E-state index contributed by atoms with van der Waals surface area (Å²) in [5.74, 6) is -0.204. The summed E-state index contributed by atoms with van der Waals surface area (Å²) in [5.41, 5.74) is 0.714. The van der Waals surface area contributed by atoms with Gasteiger partial charge < -0.3 is 10.2 Å². The normalized spacial score (nSPS) is 17.9. The lowest BCUT2D eigenvalue weighted by atomic mass is 10.2. The molecule has 0 unspecified atom stereocenters. The van der Waals surface area contributed by atoms with Gasteiger partial charge in [0.15, 0.2) is 0 Å². The molecule has 0 saturated carbocycles. The fourth-order valence-electron chi connectivity index (χ4n) is 1.60. The number of nitrogens with one attached hydrogen (secondary N) is 1. The highest BCUT2D eigenvalue weighted by molar-refractivity contribution is 8.01. The first kappa shape index (κ1) is 13.2. The maximum absolute atomic E-state index is 11.9. The van der Waals surface area contributed by atoms with Crippen molar-refractivity contribution < 1.29 is 9.59 Å². The van der Waals surface area contributed by atoms with Crippen molar-refractivity contribution in [2.75, 3.05) is 19.4 Å². The minimum absolute atomic E-state index is 0.0555. The van der Waals surface area contributed by atoms with E-state index in [-0.39, 0.29) is 23.5 Å². The number of thioether (sulfide) groups is 1. The first-order valence-corrected chi connectivity index (χ1v) is 6.70. The van der Waals surface area contributed by atoms with Gasteiger partial charge in [-0.3, -0.25) is 9.59 Å². The second kappa shape index (κ2) is 5.20. The van der Waals surface area contributed by atoms with Crippen LogP contribution in [0.25, 0.3) is 0 Å². The van der Waals surface area contributed by atoms with Gasteiger partial charge in [-0.25, -0.2) is 0 Å². The van der Waals surface area contributed by atoms with Gasteiger partial charge >= 0.3 is 0 Å². The Balaban J connectivity index is 2.16. The van der Waals surface area contributed by atoms with E-state index in [9.17, 15) is 9.59 Å². The Hall–Kier alpha value is -1.20. The third-order valence-electron chi connectivity index (χ3n) is 2.62. The maximum Gasteiger partial charge on any atom is 0.238 e. The molecular weight excluding hydrogens is 272 g/mol. The lowest BCUT2D eigenvalue weighted by Crippen LogP contribution is -2.34. The molecule has 0 fully saturated rings. The van der Waals surface area contributed by atoms with E-state index < -0.39 is 0 Å². The highest BCUT2D eigenvalue weighted by Gasteiger charge is 2.29. The van der Waals surface area contributed by atoms with E-state index in [1.807, 2.05) is 6.07 Å². The number of carbonyl (C=O) groups excluding carboxylic acids is 2. The van der Waals surface area contributed by atoms with Crippen molar-refractivity contribution in [1.82, 2.24) is 4.90 Å². The van der Waals surface area contributed by atoms with Crippen molar-refractivity contribution in [1.29, 1.82) is 0 Å². The number of hydrogen-bond acceptors (Lipinski definition) is 3. The predicted octanol–water partition coefficient (Wildman–Crippen LogP) is 2.23. The Morgan fingerprint density at radius 2 is 2.22 bits per heavy atom. The van der Waals surface area contributed by atoms with Gasteiger partial charge in [0.2, 0.25) is 11.8 Å². The molecule has 0 aliphatic carbocycles. The number of benzene rings is 1. The molecule has 1 heterocycles. The van der Waals surface area contributed by atoms with Gasteiger partial charge in [0.1, 0.15) is 0 Å². The summed E-state index contributed by atoms with van der Waals surface area (Å²) in [5, 5.41) is 2.98. The van der Waals surface area contributed by atoms with Crippen LogP contribution in [0.5, 0.6) is 0 Å². The largest absolute Gasteiger partial charge is 0.349 e. The average Bonchev–Trinajstić information content (AvgIpc) is 2.30. The summed E-state index contributed by atoms with van der Waals surface area (Å²) in [6, 6.07) is 5.34. The van der Waals surface area contributed by atoms with Crippen molar-refractivity contribution >= 4 is 40.9 Å². The minimum Gasteiger partial charge on any atom is -0.349 e. The molecule has 0 aromatic heterocycles. The fourth-order valence-corrected chi connectivity index (χ4v) is 2.85. The van der Waals surface area contributed by atoms with Crippen molar-refractivity contribution in [3.8, 4) is 0 Å². The molecule has 1 aromatic carbocycles. The van der Waals surface area contributed by atoms with Crippen molar-refractivity contribution in [2.24, 2.45) is 0 Å². The number of halogens is 1. The number of amides is 2. The van der Waals surface area contributed by atoms with Crippen LogP contribution in [0, 0.1) is 0 Å². The number of rotatable bonds is 2. The zero-order valence-electron chi connectivity index (χ0n) is 10.1. The number of carbonyl (C=O) groups is 2. The molecule has 0 saturated heterocycles. The van der Waals surface area contributed by atoms with Crippen LogP contribution in [-0.4, -0.2) is 36.1 Å². The molecule has 2 amide bonds. The summed E-state index contributed by atoms with van der Waals surface area (Å²) in [6.45, 7) is 0. The smallest absolute Gasteiger partial charge is 0.238 e. The zero-order valence-corrected chi connectivity index (χ0v) is 11.6. The van der Waals surface area contributed by atoms with E-state index in [0.29, 0.717) is 10.7 Å². The molecule has 1 aromatic rings. The lowest BCUT2D eigenvalue weighted by Gasteiger charge is -2.24. The van der Waals surface area contributed by atoms with Gasteiger partial charge in [-0.15, -0.1) is 11.8 Å². The standard InChI is InChI=1S/C12H13ClN2O2S/c1-15(2)11(16)6-10-12(17)14-8-5-7(13)3-4-9(8)18-10/h3-5,10H,6H2,1-2H3,(H,14,17)/t10-/m0/s1. The van der Waals surface area contributed by atoms with Gasteiger partial charge in [-0.2, -0.15) is 0 Å². The number of nitrogens with zero attached hydrogens (tertiary/aromatic N) is 1. The molecule has 0 bridgehead atoms. The Morgan fingerprint density at radius 3 is 2.89 bits per heavy atom. The Bertz CT molecular complexity index is 505. The van der Waals surface area contributed by atoms with E-state index in [4.69, 9.17) is 11.6 Å². The molecule has 0 spiro atoms. The second-order valence-corrected chi connectivity index (χ2v) is 5.91. The predicted molar refractivity (Wildman–Crippen MR) is 73.0 cm³/mol. The molecule has 4 nitrogen and oxygen atoms in total. The molecule has 96 valence electrons. The lowest BCUT2D eigenvalue weighted by molar-refractivity contribution is -0.130. The number of fused-ring (bicyclic) bond motifs is 1. The Labute approximate surface area is 115 Å². The van der Waals surface area contributed by atoms with Crippen LogP contribution in [0.3, 0.4) is 0 Å². The second-order valence-electron chi connectivity index (χ2n) is 4.23. The summed E-state index contributed by atoms with van der Waals surface area (Å²) in [6.07, 6.45) is 0.200. The summed E-state index contributed by atoms with van der Waals surface area (Å²) >= 11 is 7.27. The number of hydrogen-bond donors (Lipinski definition) is 1. The van der Waals surface area contributed by atoms with Crippen LogP contribution in [0.4, 0.5) is 5.69 Å². The molecule has 1 atom stereocenters. The van der Waals surface area contributed by atoms with E-state index in [0.717, 1.165) is 4.90 Å². The van der Waals surface area contributed by atoms with Crippen molar-refractivity contribution in [3.63, 3.8) is 0 Å². The summed E-state index contributed by atoms with van der Waals surface area (Å²) < 4.78 is 0. The fraction of sp³-hybridized carbons (Fsp3) is 0.333. The minimum atomic E-state index is -0.381. The molecule has 1 aliphatic heterocycles. The highest BCUT2D eigenvalue weighted by atomic mass is 35.5. The third-order valence-corrected chi connectivity index (χ3v) is 4.13. The topological polar surface area (TPSA) is 49.4 Å². The summed E-state index contributed by atoms with van der Waals surface area (Å²) in [7, 11) is 3.36. The molecule has 6 heteroatoms. The van der Waals surface area contributed by atoms with Crippen LogP contribution in [0.2, 0.25) is 5.02 Å². The quantitative estimate of drug-likeness (QED) is 0.906. The van der Waals surface area contributed by atoms with Crippen LogP contribution in [0.1, 0.15) is 6.42 Å². The van der Waals surface area contributed by atoms with E-state index in [1.54, 1.807) is 26.2 Å². The highest BCUT2D eigenvalue weighted by Crippen LogP contribution is 2.38. The molecule has 18 heavy (non-hydrogen) atoms. The van der Waals surface area contributed by atoms with Crippen LogP contribution in [0.15, 0.2) is 23.1 Å². The van der Waals surface area contributed by atoms with Crippen molar-refractivity contribution in [3.05, 3.63) is 23.2 Å². The molecule has 1 N–H and O–H groups in total. The molecule has 2 rings (SSSR count). The van der Waals surface area contributed by atoms with Gasteiger partial charge in [-0.05, 0) is 18.2 Å². The van der Waals surface area contributed by atoms with Crippen LogP contribution >= 0.6 is 23.4 Å². The van der Waals surface area contributed by atoms with Gasteiger partial charge in [0, 0.05) is 30.4 Å². The first-order valence-electron chi connectivity index (χ1n) is 5.44. The van der Waals surface area contributed by atoms with Crippen molar-refractivity contribution in [2.45, 2.75) is 16.6 Å². The molecule has 1 aliphatic rings. The van der Waals surface area contributed by atoms with Gasteiger partial charge in [-0.1, -0.05) is 11.6 Å². The van der Waals surface area contributed by atoms with E-state index in [1.165, 1.54) is 16.7 Å². The van der Waals surface area contributed by atoms with E-state index in [2.05, 4.69) is 5.32 Å². The maximum atomic E-state index is 11.9. The Morgan fingerprint density at radius 1 is 1.50 bits per heavy atom. The number of anilines is 1. The van der Waals surface area contributed by atoms with E-state index >= 15 is 0 Å². The average molecular weight is 285 g/mol.